The molecule has 0 radical (unpaired) electrons. The van der Waals surface area contributed by atoms with Crippen LogP contribution >= 0.6 is 0 Å². The lowest BCUT2D eigenvalue weighted by Crippen LogP contribution is -2.00. The maximum atomic E-state index is 14.0. The molecule has 3 rings (SSSR count). The van der Waals surface area contributed by atoms with Crippen molar-refractivity contribution in [3.8, 4) is 11.3 Å². The molecule has 7 heteroatoms. The van der Waals surface area contributed by atoms with Crippen molar-refractivity contribution in [3.63, 3.8) is 0 Å². The molecule has 0 spiro atoms. The van der Waals surface area contributed by atoms with E-state index in [1.54, 1.807) is 0 Å². The van der Waals surface area contributed by atoms with E-state index in [1.165, 1.54) is 13.3 Å². The third-order valence-corrected chi connectivity index (χ3v) is 2.81. The molecule has 2 heterocycles. The first-order valence-corrected chi connectivity index (χ1v) is 5.49. The second-order valence-corrected chi connectivity index (χ2v) is 4.11. The summed E-state index contributed by atoms with van der Waals surface area (Å²) in [6, 6.07) is 2.21. The molecular formula is C12H9F2N5. The Labute approximate surface area is 106 Å². The van der Waals surface area contributed by atoms with Crippen molar-refractivity contribution in [2.75, 3.05) is 5.73 Å². The molecule has 0 aliphatic rings. The number of nitrogen functional groups attached to an aromatic ring is 1. The summed E-state index contributed by atoms with van der Waals surface area (Å²) in [5.41, 5.74) is 6.71. The van der Waals surface area contributed by atoms with E-state index in [-0.39, 0.29) is 22.8 Å². The number of H-pyrrole nitrogens is 1. The molecular weight excluding hydrogens is 252 g/mol. The Hall–Kier alpha value is -2.57. The molecule has 0 fully saturated rings. The van der Waals surface area contributed by atoms with Crippen LogP contribution in [0, 0.1) is 18.6 Å². The van der Waals surface area contributed by atoms with Gasteiger partial charge in [-0.25, -0.2) is 18.7 Å². The van der Waals surface area contributed by atoms with Gasteiger partial charge in [-0.15, -0.1) is 0 Å². The maximum absolute atomic E-state index is 14.0. The zero-order valence-electron chi connectivity index (χ0n) is 9.91. The molecule has 3 aromatic rings. The summed E-state index contributed by atoms with van der Waals surface area (Å²) in [4.78, 5) is 14.6. The van der Waals surface area contributed by atoms with Gasteiger partial charge < -0.3 is 10.7 Å². The van der Waals surface area contributed by atoms with E-state index in [0.717, 1.165) is 12.1 Å². The topological polar surface area (TPSA) is 80.5 Å². The fourth-order valence-corrected chi connectivity index (χ4v) is 1.87. The first-order chi connectivity index (χ1) is 9.06. The number of hydrogen-bond donors (Lipinski definition) is 2. The predicted octanol–water partition coefficient (Wildman–Crippen LogP) is 2.19. The molecule has 5 nitrogen and oxygen atoms in total. The van der Waals surface area contributed by atoms with E-state index in [2.05, 4.69) is 19.9 Å². The minimum Gasteiger partial charge on any atom is -0.368 e. The van der Waals surface area contributed by atoms with Gasteiger partial charge in [0.15, 0.2) is 5.65 Å². The number of aryl methyl sites for hydroxylation is 1. The minimum atomic E-state index is -0.576. The molecule has 0 bridgehead atoms. The lowest BCUT2D eigenvalue weighted by Gasteiger charge is -2.06. The second kappa shape index (κ2) is 3.98. The standard InChI is InChI=1S/C12H9F2N5/c1-5-2-8(14)6(3-7(5)13)9-10-11(17-4-16-10)19-12(15)18-9/h2-4H,1H3,(H3,15,16,17,18,19). The molecule has 0 saturated heterocycles. The number of halogens is 2. The summed E-state index contributed by atoms with van der Waals surface area (Å²) in [6.07, 6.45) is 1.39. The van der Waals surface area contributed by atoms with Gasteiger partial charge >= 0.3 is 0 Å². The van der Waals surface area contributed by atoms with Gasteiger partial charge in [0.05, 0.1) is 6.33 Å². The van der Waals surface area contributed by atoms with E-state index in [9.17, 15) is 8.78 Å². The van der Waals surface area contributed by atoms with Crippen LogP contribution < -0.4 is 5.73 Å². The number of aromatic amines is 1. The van der Waals surface area contributed by atoms with Gasteiger partial charge in [0.1, 0.15) is 22.8 Å². The monoisotopic (exact) mass is 261 g/mol. The van der Waals surface area contributed by atoms with E-state index < -0.39 is 11.6 Å². The smallest absolute Gasteiger partial charge is 0.222 e. The van der Waals surface area contributed by atoms with Crippen LogP contribution in [0.25, 0.3) is 22.4 Å². The van der Waals surface area contributed by atoms with Crippen molar-refractivity contribution in [2.45, 2.75) is 6.92 Å². The summed E-state index contributed by atoms with van der Waals surface area (Å²) in [6.45, 7) is 1.49. The molecule has 0 atom stereocenters. The van der Waals surface area contributed by atoms with Crippen LogP contribution in [0.2, 0.25) is 0 Å². The maximum Gasteiger partial charge on any atom is 0.222 e. The van der Waals surface area contributed by atoms with Gasteiger partial charge in [0.2, 0.25) is 5.95 Å². The van der Waals surface area contributed by atoms with Gasteiger partial charge in [-0.3, -0.25) is 0 Å². The SMILES string of the molecule is Cc1cc(F)c(-c2nc(N)nc3nc[nH]c23)cc1F. The van der Waals surface area contributed by atoms with Crippen molar-refractivity contribution in [1.82, 2.24) is 19.9 Å². The number of fused-ring (bicyclic) bond motifs is 1. The number of benzene rings is 1. The third kappa shape index (κ3) is 1.79. The van der Waals surface area contributed by atoms with Crippen LogP contribution in [-0.2, 0) is 0 Å². The van der Waals surface area contributed by atoms with Crippen LogP contribution in [0.3, 0.4) is 0 Å². The predicted molar refractivity (Wildman–Crippen MR) is 66.2 cm³/mol. The Morgan fingerprint density at radius 1 is 1.16 bits per heavy atom. The number of aromatic nitrogens is 4. The van der Waals surface area contributed by atoms with Gasteiger partial charge in [0.25, 0.3) is 0 Å². The summed E-state index contributed by atoms with van der Waals surface area (Å²) in [7, 11) is 0. The molecule has 0 amide bonds. The highest BCUT2D eigenvalue weighted by Gasteiger charge is 2.16. The van der Waals surface area contributed by atoms with Crippen LogP contribution in [0.1, 0.15) is 5.56 Å². The largest absolute Gasteiger partial charge is 0.368 e. The zero-order chi connectivity index (χ0) is 13.6. The van der Waals surface area contributed by atoms with Crippen LogP contribution in [0.15, 0.2) is 18.5 Å². The summed E-state index contributed by atoms with van der Waals surface area (Å²) < 4.78 is 27.6. The van der Waals surface area contributed by atoms with Gasteiger partial charge in [-0.2, -0.15) is 4.98 Å². The average Bonchev–Trinajstić information content (AvgIpc) is 2.80. The number of imidazole rings is 1. The Bertz CT molecular complexity index is 781. The Morgan fingerprint density at radius 2 is 1.95 bits per heavy atom. The number of nitrogens with two attached hydrogens (primary N) is 1. The molecule has 2 aromatic heterocycles. The molecule has 96 valence electrons. The fraction of sp³-hybridized carbons (Fsp3) is 0.0833. The van der Waals surface area contributed by atoms with Crippen LogP contribution in [0.5, 0.6) is 0 Å². The van der Waals surface area contributed by atoms with Crippen molar-refractivity contribution in [1.29, 1.82) is 0 Å². The summed E-state index contributed by atoms with van der Waals surface area (Å²) >= 11 is 0. The molecule has 0 saturated carbocycles. The molecule has 0 unspecified atom stereocenters. The second-order valence-electron chi connectivity index (χ2n) is 4.11. The number of rotatable bonds is 1. The number of hydrogen-bond acceptors (Lipinski definition) is 4. The van der Waals surface area contributed by atoms with Crippen molar-refractivity contribution in [2.24, 2.45) is 0 Å². The lowest BCUT2D eigenvalue weighted by atomic mass is 10.1. The normalized spacial score (nSPS) is 11.1. The Kier molecular flexibility index (Phi) is 2.41. The van der Waals surface area contributed by atoms with Crippen LogP contribution in [-0.4, -0.2) is 19.9 Å². The lowest BCUT2D eigenvalue weighted by molar-refractivity contribution is 0.595. The fourth-order valence-electron chi connectivity index (χ4n) is 1.87. The zero-order valence-corrected chi connectivity index (χ0v) is 9.91. The van der Waals surface area contributed by atoms with Crippen molar-refractivity contribution < 1.29 is 8.78 Å². The van der Waals surface area contributed by atoms with Gasteiger partial charge in [-0.05, 0) is 24.6 Å². The molecule has 19 heavy (non-hydrogen) atoms. The summed E-state index contributed by atoms with van der Waals surface area (Å²) in [5.74, 6) is -1.14. The Morgan fingerprint density at radius 3 is 2.74 bits per heavy atom. The first-order valence-electron chi connectivity index (χ1n) is 5.49. The highest BCUT2D eigenvalue weighted by atomic mass is 19.1. The molecule has 3 N–H and O–H groups in total. The molecule has 0 aliphatic heterocycles. The minimum absolute atomic E-state index is 0.0199. The average molecular weight is 261 g/mol. The van der Waals surface area contributed by atoms with Gasteiger partial charge in [-0.1, -0.05) is 0 Å². The third-order valence-electron chi connectivity index (χ3n) is 2.81. The number of nitrogens with one attached hydrogen (secondary N) is 1. The van der Waals surface area contributed by atoms with Gasteiger partial charge in [0, 0.05) is 5.56 Å². The van der Waals surface area contributed by atoms with E-state index in [0.29, 0.717) is 11.2 Å². The first kappa shape index (κ1) is 11.5. The molecule has 1 aromatic carbocycles. The van der Waals surface area contributed by atoms with E-state index in [4.69, 9.17) is 5.73 Å². The van der Waals surface area contributed by atoms with Crippen molar-refractivity contribution >= 4 is 17.1 Å². The highest BCUT2D eigenvalue weighted by Crippen LogP contribution is 2.28. The van der Waals surface area contributed by atoms with E-state index >= 15 is 0 Å². The van der Waals surface area contributed by atoms with Crippen molar-refractivity contribution in [3.05, 3.63) is 35.7 Å². The van der Waals surface area contributed by atoms with Crippen LogP contribution in [0.4, 0.5) is 14.7 Å². The summed E-state index contributed by atoms with van der Waals surface area (Å²) in [5, 5.41) is 0. The number of nitrogens with zero attached hydrogens (tertiary/aromatic N) is 3. The quantitative estimate of drug-likeness (QED) is 0.703. The highest BCUT2D eigenvalue weighted by molar-refractivity contribution is 5.88. The molecule has 0 aliphatic carbocycles. The Balaban J connectivity index is 2.35. The number of anilines is 1. The van der Waals surface area contributed by atoms with E-state index in [1.807, 2.05) is 0 Å².